The number of hydrogen-bond donors (Lipinski definition) is 4. The summed E-state index contributed by atoms with van der Waals surface area (Å²) in [6, 6.07) is 21.2. The van der Waals surface area contributed by atoms with Gasteiger partial charge in [-0.05, 0) is 85.3 Å². The Labute approximate surface area is 246 Å². The summed E-state index contributed by atoms with van der Waals surface area (Å²) >= 11 is 0. The first-order chi connectivity index (χ1) is 20.2. The molecule has 0 saturated carbocycles. The van der Waals surface area contributed by atoms with Crippen molar-refractivity contribution in [2.24, 2.45) is 0 Å². The minimum Gasteiger partial charge on any atom is -0.507 e. The van der Waals surface area contributed by atoms with Crippen LogP contribution >= 0.6 is 0 Å². The van der Waals surface area contributed by atoms with Crippen LogP contribution in [0.15, 0.2) is 98.1 Å². The number of ether oxygens (including phenoxy) is 2. The fraction of sp³-hybridized carbons (Fsp3) is 0.222. The molecule has 5 rings (SSSR count). The maximum absolute atomic E-state index is 11.0. The number of rotatable bonds is 8. The van der Waals surface area contributed by atoms with Crippen LogP contribution in [0.1, 0.15) is 48.3 Å². The van der Waals surface area contributed by atoms with E-state index in [0.717, 1.165) is 22.3 Å². The molecule has 1 aliphatic heterocycles. The lowest BCUT2D eigenvalue weighted by Crippen LogP contribution is -2.37. The molecule has 4 N–H and O–H groups in total. The minimum atomic E-state index is -0.492. The second kappa shape index (κ2) is 12.1. The van der Waals surface area contributed by atoms with Crippen molar-refractivity contribution in [1.82, 2.24) is 0 Å². The van der Waals surface area contributed by atoms with Crippen LogP contribution in [0, 0.1) is 0 Å². The first-order valence-corrected chi connectivity index (χ1v) is 14.0. The van der Waals surface area contributed by atoms with Crippen LogP contribution < -0.4 is 0 Å². The number of phenols is 4. The molecule has 216 valence electrons. The number of benzene rings is 4. The maximum Gasteiger partial charge on any atom is 0.123 e. The van der Waals surface area contributed by atoms with Crippen molar-refractivity contribution in [2.75, 3.05) is 0 Å². The Bertz CT molecular complexity index is 1500. The van der Waals surface area contributed by atoms with Crippen molar-refractivity contribution in [3.63, 3.8) is 0 Å². The second-order valence-electron chi connectivity index (χ2n) is 10.8. The largest absolute Gasteiger partial charge is 0.507 e. The van der Waals surface area contributed by atoms with E-state index in [9.17, 15) is 20.4 Å². The molecule has 0 aliphatic carbocycles. The SMILES string of the molecule is C=CCc1ccc(O)c(-c2ccc([C@H]3O[C@@H](c4ccc(-c5cc(CC=C)ccc5O)c(O)c4)[C@@H](C)O[C@H]3C)cc2O)c1. The van der Waals surface area contributed by atoms with E-state index in [-0.39, 0.29) is 35.2 Å². The quantitative estimate of drug-likeness (QED) is 0.162. The molecule has 4 aromatic carbocycles. The van der Waals surface area contributed by atoms with Gasteiger partial charge >= 0.3 is 0 Å². The van der Waals surface area contributed by atoms with Crippen molar-refractivity contribution >= 4 is 0 Å². The maximum atomic E-state index is 11.0. The summed E-state index contributed by atoms with van der Waals surface area (Å²) in [5, 5.41) is 43.0. The zero-order valence-electron chi connectivity index (χ0n) is 23.8. The van der Waals surface area contributed by atoms with Gasteiger partial charge in [0.25, 0.3) is 0 Å². The van der Waals surface area contributed by atoms with E-state index in [2.05, 4.69) is 13.2 Å². The smallest absolute Gasteiger partial charge is 0.123 e. The average molecular weight is 565 g/mol. The van der Waals surface area contributed by atoms with Gasteiger partial charge < -0.3 is 29.9 Å². The molecule has 1 fully saturated rings. The number of hydrogen-bond acceptors (Lipinski definition) is 6. The van der Waals surface area contributed by atoms with Gasteiger partial charge in [0.1, 0.15) is 35.2 Å². The fourth-order valence-electron chi connectivity index (χ4n) is 5.65. The lowest BCUT2D eigenvalue weighted by Gasteiger charge is -2.40. The second-order valence-corrected chi connectivity index (χ2v) is 10.8. The Kier molecular flexibility index (Phi) is 8.39. The third-order valence-corrected chi connectivity index (χ3v) is 7.74. The molecule has 1 aliphatic rings. The average Bonchev–Trinajstić information content (AvgIpc) is 2.96. The van der Waals surface area contributed by atoms with Gasteiger partial charge in [-0.25, -0.2) is 0 Å². The van der Waals surface area contributed by atoms with Crippen LogP contribution in [0.2, 0.25) is 0 Å². The van der Waals surface area contributed by atoms with E-state index >= 15 is 0 Å². The lowest BCUT2D eigenvalue weighted by atomic mass is 9.93. The summed E-state index contributed by atoms with van der Waals surface area (Å²) in [6.07, 6.45) is 3.29. The van der Waals surface area contributed by atoms with Gasteiger partial charge in [0.05, 0.1) is 12.2 Å². The molecule has 6 heteroatoms. The summed E-state index contributed by atoms with van der Waals surface area (Å²) in [7, 11) is 0. The van der Waals surface area contributed by atoms with Crippen molar-refractivity contribution in [1.29, 1.82) is 0 Å². The van der Waals surface area contributed by atoms with Crippen LogP contribution in [0.4, 0.5) is 0 Å². The zero-order valence-corrected chi connectivity index (χ0v) is 23.8. The van der Waals surface area contributed by atoms with E-state index in [4.69, 9.17) is 9.47 Å². The van der Waals surface area contributed by atoms with Crippen LogP contribution in [-0.2, 0) is 22.3 Å². The number of aromatic hydroxyl groups is 4. The zero-order chi connectivity index (χ0) is 30.0. The summed E-state index contributed by atoms with van der Waals surface area (Å²) in [4.78, 5) is 0. The molecule has 1 saturated heterocycles. The van der Waals surface area contributed by atoms with Crippen molar-refractivity contribution < 1.29 is 29.9 Å². The summed E-state index contributed by atoms with van der Waals surface area (Å²) in [5.41, 5.74) is 5.51. The molecule has 1 heterocycles. The summed E-state index contributed by atoms with van der Waals surface area (Å²) < 4.78 is 12.8. The van der Waals surface area contributed by atoms with E-state index in [1.807, 2.05) is 50.2 Å². The van der Waals surface area contributed by atoms with E-state index < -0.39 is 12.2 Å². The van der Waals surface area contributed by atoms with Crippen molar-refractivity contribution in [2.45, 2.75) is 51.1 Å². The Morgan fingerprint density at radius 1 is 0.548 bits per heavy atom. The molecule has 0 amide bonds. The van der Waals surface area contributed by atoms with Gasteiger partial charge in [0.2, 0.25) is 0 Å². The van der Waals surface area contributed by atoms with Crippen LogP contribution in [-0.4, -0.2) is 32.6 Å². The third kappa shape index (κ3) is 5.77. The van der Waals surface area contributed by atoms with Crippen molar-refractivity contribution in [3.05, 3.63) is 120 Å². The molecule has 0 aromatic heterocycles. The summed E-state index contributed by atoms with van der Waals surface area (Å²) in [6.45, 7) is 11.4. The highest BCUT2D eigenvalue weighted by atomic mass is 16.6. The predicted octanol–water partition coefficient (Wildman–Crippen LogP) is 7.91. The number of phenolic OH excluding ortho intramolecular Hbond substituents is 4. The highest BCUT2D eigenvalue weighted by Gasteiger charge is 2.37. The molecule has 0 bridgehead atoms. The lowest BCUT2D eigenvalue weighted by molar-refractivity contribution is -0.215. The van der Waals surface area contributed by atoms with Crippen LogP contribution in [0.25, 0.3) is 22.3 Å². The first-order valence-electron chi connectivity index (χ1n) is 14.0. The normalized spacial score (nSPS) is 20.2. The van der Waals surface area contributed by atoms with Gasteiger partial charge in [-0.1, -0.05) is 48.6 Å². The molecule has 0 spiro atoms. The topological polar surface area (TPSA) is 99.4 Å². The van der Waals surface area contributed by atoms with Crippen LogP contribution in [0.5, 0.6) is 23.0 Å². The highest BCUT2D eigenvalue weighted by Crippen LogP contribution is 2.44. The predicted molar refractivity (Wildman–Crippen MR) is 165 cm³/mol. The minimum absolute atomic E-state index is 0.0185. The molecule has 6 nitrogen and oxygen atoms in total. The number of allylic oxidation sites excluding steroid dienone is 2. The molecule has 4 atom stereocenters. The van der Waals surface area contributed by atoms with Gasteiger partial charge in [-0.15, -0.1) is 13.2 Å². The molecule has 4 aromatic rings. The van der Waals surface area contributed by atoms with E-state index in [0.29, 0.717) is 35.1 Å². The monoisotopic (exact) mass is 564 g/mol. The standard InChI is InChI=1S/C36H36O6/c1-5-7-23-9-15-31(37)29(17-23)27-13-11-25(19-33(27)39)35-21(3)41-22(4)36(42-35)26-12-14-28(34(40)20-26)30-18-24(8-6-2)10-16-32(30)38/h5-6,9-22,35-40H,1-2,7-8H2,3-4H3/t21-,22+,35-,36+. The first kappa shape index (κ1) is 29.0. The Hall–Kier alpha value is -4.52. The fourth-order valence-corrected chi connectivity index (χ4v) is 5.65. The van der Waals surface area contributed by atoms with E-state index in [1.165, 1.54) is 0 Å². The Morgan fingerprint density at radius 2 is 0.976 bits per heavy atom. The molecular formula is C36H36O6. The van der Waals surface area contributed by atoms with Gasteiger partial charge in [-0.3, -0.25) is 0 Å². The van der Waals surface area contributed by atoms with Gasteiger partial charge in [0, 0.05) is 22.3 Å². The Morgan fingerprint density at radius 3 is 1.36 bits per heavy atom. The van der Waals surface area contributed by atoms with Crippen LogP contribution in [0.3, 0.4) is 0 Å². The molecular weight excluding hydrogens is 528 g/mol. The highest BCUT2D eigenvalue weighted by molar-refractivity contribution is 5.77. The van der Waals surface area contributed by atoms with Gasteiger partial charge in [0.15, 0.2) is 0 Å². The molecule has 42 heavy (non-hydrogen) atoms. The third-order valence-electron chi connectivity index (χ3n) is 7.74. The summed E-state index contributed by atoms with van der Waals surface area (Å²) in [5.74, 6) is 0.193. The van der Waals surface area contributed by atoms with Gasteiger partial charge in [-0.2, -0.15) is 0 Å². The van der Waals surface area contributed by atoms with Crippen molar-refractivity contribution in [3.8, 4) is 45.3 Å². The van der Waals surface area contributed by atoms with E-state index in [1.54, 1.807) is 48.6 Å². The molecule has 0 unspecified atom stereocenters. The molecule has 0 radical (unpaired) electrons. The Balaban J connectivity index is 1.42.